The van der Waals surface area contributed by atoms with Gasteiger partial charge in [-0.2, -0.15) is 0 Å². The molecule has 2 rings (SSSR count). The van der Waals surface area contributed by atoms with Crippen LogP contribution in [-0.2, 0) is 6.54 Å². The van der Waals surface area contributed by atoms with Crippen molar-refractivity contribution in [2.45, 2.75) is 39.7 Å². The SMILES string of the molecule is CCNCc1cccnc1N1CCC(CC)CC1. The van der Waals surface area contributed by atoms with Gasteiger partial charge in [-0.15, -0.1) is 0 Å². The Bertz CT molecular complexity index is 357. The lowest BCUT2D eigenvalue weighted by Crippen LogP contribution is -2.35. The molecule has 0 aliphatic carbocycles. The fraction of sp³-hybridized carbons (Fsp3) is 0.667. The van der Waals surface area contributed by atoms with Gasteiger partial charge in [0.1, 0.15) is 5.82 Å². The first-order chi connectivity index (χ1) is 8.85. The van der Waals surface area contributed by atoms with Crippen LogP contribution in [-0.4, -0.2) is 24.6 Å². The second-order valence-corrected chi connectivity index (χ2v) is 5.11. The summed E-state index contributed by atoms with van der Waals surface area (Å²) in [4.78, 5) is 7.05. The van der Waals surface area contributed by atoms with Crippen molar-refractivity contribution in [2.24, 2.45) is 5.92 Å². The fourth-order valence-corrected chi connectivity index (χ4v) is 2.67. The maximum atomic E-state index is 4.59. The Balaban J connectivity index is 2.03. The molecular formula is C15H25N3. The Morgan fingerprint density at radius 1 is 1.33 bits per heavy atom. The summed E-state index contributed by atoms with van der Waals surface area (Å²) >= 11 is 0. The first-order valence-corrected chi connectivity index (χ1v) is 7.24. The molecule has 0 radical (unpaired) electrons. The van der Waals surface area contributed by atoms with Crippen molar-refractivity contribution < 1.29 is 0 Å². The molecule has 3 nitrogen and oxygen atoms in total. The average molecular weight is 247 g/mol. The van der Waals surface area contributed by atoms with E-state index in [4.69, 9.17) is 0 Å². The Labute approximate surface area is 111 Å². The van der Waals surface area contributed by atoms with Crippen molar-refractivity contribution in [1.82, 2.24) is 10.3 Å². The minimum atomic E-state index is 0.919. The summed E-state index contributed by atoms with van der Waals surface area (Å²) in [6.07, 6.45) is 5.86. The summed E-state index contributed by atoms with van der Waals surface area (Å²) in [5.74, 6) is 2.11. The zero-order valence-corrected chi connectivity index (χ0v) is 11.7. The van der Waals surface area contributed by atoms with Crippen molar-refractivity contribution in [1.29, 1.82) is 0 Å². The van der Waals surface area contributed by atoms with Gasteiger partial charge >= 0.3 is 0 Å². The van der Waals surface area contributed by atoms with Gasteiger partial charge in [-0.05, 0) is 31.4 Å². The number of pyridine rings is 1. The van der Waals surface area contributed by atoms with Crippen LogP contribution in [0.5, 0.6) is 0 Å². The molecule has 2 heterocycles. The standard InChI is InChI=1S/C15H25N3/c1-3-13-7-10-18(11-8-13)15-14(12-16-4-2)6-5-9-17-15/h5-6,9,13,16H,3-4,7-8,10-12H2,1-2H3. The Morgan fingerprint density at radius 2 is 2.11 bits per heavy atom. The molecule has 0 atom stereocenters. The summed E-state index contributed by atoms with van der Waals surface area (Å²) in [5.41, 5.74) is 1.33. The van der Waals surface area contributed by atoms with Crippen LogP contribution in [0.1, 0.15) is 38.7 Å². The van der Waals surface area contributed by atoms with Gasteiger partial charge in [0.2, 0.25) is 0 Å². The molecule has 1 aromatic rings. The maximum absolute atomic E-state index is 4.59. The van der Waals surface area contributed by atoms with E-state index in [9.17, 15) is 0 Å². The van der Waals surface area contributed by atoms with E-state index < -0.39 is 0 Å². The molecule has 100 valence electrons. The Hall–Kier alpha value is -1.09. The van der Waals surface area contributed by atoms with Gasteiger partial charge in [-0.1, -0.05) is 26.3 Å². The summed E-state index contributed by atoms with van der Waals surface area (Å²) in [5, 5.41) is 3.40. The van der Waals surface area contributed by atoms with Gasteiger partial charge in [0.25, 0.3) is 0 Å². The number of aromatic nitrogens is 1. The normalized spacial score (nSPS) is 17.1. The predicted octanol–water partition coefficient (Wildman–Crippen LogP) is 2.82. The minimum absolute atomic E-state index is 0.919. The van der Waals surface area contributed by atoms with Gasteiger partial charge < -0.3 is 10.2 Å². The molecule has 1 aliphatic heterocycles. The van der Waals surface area contributed by atoms with Gasteiger partial charge in [-0.3, -0.25) is 0 Å². The number of anilines is 1. The van der Waals surface area contributed by atoms with E-state index in [-0.39, 0.29) is 0 Å². The van der Waals surface area contributed by atoms with Gasteiger partial charge in [0.15, 0.2) is 0 Å². The smallest absolute Gasteiger partial charge is 0.133 e. The molecule has 0 aromatic carbocycles. The van der Waals surface area contributed by atoms with E-state index in [1.807, 2.05) is 12.3 Å². The highest BCUT2D eigenvalue weighted by atomic mass is 15.2. The lowest BCUT2D eigenvalue weighted by Gasteiger charge is -2.33. The van der Waals surface area contributed by atoms with Crippen LogP contribution in [0.15, 0.2) is 18.3 Å². The number of hydrogen-bond donors (Lipinski definition) is 1. The van der Waals surface area contributed by atoms with E-state index in [0.29, 0.717) is 0 Å². The zero-order chi connectivity index (χ0) is 12.8. The van der Waals surface area contributed by atoms with E-state index >= 15 is 0 Å². The Morgan fingerprint density at radius 3 is 2.78 bits per heavy atom. The highest BCUT2D eigenvalue weighted by molar-refractivity contribution is 5.47. The monoisotopic (exact) mass is 247 g/mol. The molecule has 18 heavy (non-hydrogen) atoms. The largest absolute Gasteiger partial charge is 0.356 e. The van der Waals surface area contributed by atoms with Crippen molar-refractivity contribution in [2.75, 3.05) is 24.5 Å². The van der Waals surface area contributed by atoms with Crippen molar-refractivity contribution in [3.63, 3.8) is 0 Å². The fourth-order valence-electron chi connectivity index (χ4n) is 2.67. The molecule has 0 bridgehead atoms. The molecule has 0 spiro atoms. The van der Waals surface area contributed by atoms with E-state index in [1.165, 1.54) is 30.6 Å². The average Bonchev–Trinajstić information content (AvgIpc) is 2.45. The first kappa shape index (κ1) is 13.3. The van der Waals surface area contributed by atoms with Crippen LogP contribution >= 0.6 is 0 Å². The molecule has 0 saturated carbocycles. The first-order valence-electron chi connectivity index (χ1n) is 7.24. The number of nitrogens with zero attached hydrogens (tertiary/aromatic N) is 2. The molecule has 1 aromatic heterocycles. The molecule has 1 fully saturated rings. The second-order valence-electron chi connectivity index (χ2n) is 5.11. The summed E-state index contributed by atoms with van der Waals surface area (Å²) in [6, 6.07) is 4.23. The van der Waals surface area contributed by atoms with Crippen molar-refractivity contribution in [3.8, 4) is 0 Å². The number of rotatable bonds is 5. The van der Waals surface area contributed by atoms with Crippen molar-refractivity contribution in [3.05, 3.63) is 23.9 Å². The Kier molecular flexibility index (Phi) is 5.00. The van der Waals surface area contributed by atoms with Crippen LogP contribution in [0.3, 0.4) is 0 Å². The zero-order valence-electron chi connectivity index (χ0n) is 11.7. The predicted molar refractivity (Wildman–Crippen MR) is 76.8 cm³/mol. The molecule has 1 saturated heterocycles. The second kappa shape index (κ2) is 6.74. The topological polar surface area (TPSA) is 28.2 Å². The number of piperidine rings is 1. The summed E-state index contributed by atoms with van der Waals surface area (Å²) in [6.45, 7) is 8.70. The van der Waals surface area contributed by atoms with Gasteiger partial charge in [-0.25, -0.2) is 4.98 Å². The van der Waals surface area contributed by atoms with Crippen molar-refractivity contribution >= 4 is 5.82 Å². The van der Waals surface area contributed by atoms with Gasteiger partial charge in [0, 0.05) is 31.4 Å². The summed E-state index contributed by atoms with van der Waals surface area (Å²) in [7, 11) is 0. The number of nitrogens with one attached hydrogen (secondary N) is 1. The van der Waals surface area contributed by atoms with Crippen LogP contribution < -0.4 is 10.2 Å². The summed E-state index contributed by atoms with van der Waals surface area (Å²) < 4.78 is 0. The maximum Gasteiger partial charge on any atom is 0.133 e. The van der Waals surface area contributed by atoms with Crippen LogP contribution in [0.25, 0.3) is 0 Å². The third kappa shape index (κ3) is 3.22. The molecular weight excluding hydrogens is 222 g/mol. The van der Waals surface area contributed by atoms with Gasteiger partial charge in [0.05, 0.1) is 0 Å². The van der Waals surface area contributed by atoms with E-state index in [2.05, 4.69) is 35.1 Å². The van der Waals surface area contributed by atoms with E-state index in [0.717, 1.165) is 32.1 Å². The molecule has 1 N–H and O–H groups in total. The third-order valence-corrected chi connectivity index (χ3v) is 3.92. The third-order valence-electron chi connectivity index (χ3n) is 3.92. The number of hydrogen-bond acceptors (Lipinski definition) is 3. The molecule has 0 unspecified atom stereocenters. The van der Waals surface area contributed by atoms with Crippen LogP contribution in [0.4, 0.5) is 5.82 Å². The molecule has 3 heteroatoms. The molecule has 0 amide bonds. The van der Waals surface area contributed by atoms with Crippen LogP contribution in [0.2, 0.25) is 0 Å². The van der Waals surface area contributed by atoms with Crippen LogP contribution in [0, 0.1) is 5.92 Å². The highest BCUT2D eigenvalue weighted by Crippen LogP contribution is 2.25. The lowest BCUT2D eigenvalue weighted by molar-refractivity contribution is 0.393. The lowest BCUT2D eigenvalue weighted by atomic mass is 9.94. The molecule has 1 aliphatic rings. The minimum Gasteiger partial charge on any atom is -0.356 e. The quantitative estimate of drug-likeness (QED) is 0.867. The van der Waals surface area contributed by atoms with E-state index in [1.54, 1.807) is 0 Å². The highest BCUT2D eigenvalue weighted by Gasteiger charge is 2.20.